The zero-order valence-corrected chi connectivity index (χ0v) is 16.8. The Labute approximate surface area is 170 Å². The van der Waals surface area contributed by atoms with Crippen molar-refractivity contribution in [2.75, 3.05) is 0 Å². The zero-order chi connectivity index (χ0) is 20.1. The van der Waals surface area contributed by atoms with Gasteiger partial charge < -0.3 is 4.74 Å². The van der Waals surface area contributed by atoms with Crippen LogP contribution in [-0.2, 0) is 16.6 Å². The van der Waals surface area contributed by atoms with Gasteiger partial charge in [0.15, 0.2) is 0 Å². The Morgan fingerprint density at radius 3 is 2.50 bits per heavy atom. The van der Waals surface area contributed by atoms with Crippen molar-refractivity contribution < 1.29 is 22.3 Å². The van der Waals surface area contributed by atoms with Gasteiger partial charge in [-0.05, 0) is 64.0 Å². The van der Waals surface area contributed by atoms with Gasteiger partial charge in [0.2, 0.25) is 0 Å². The molecule has 0 saturated carbocycles. The van der Waals surface area contributed by atoms with E-state index in [-0.39, 0.29) is 22.9 Å². The monoisotopic (exact) mass is 463 g/mol. The first-order chi connectivity index (χ1) is 13.3. The molecule has 0 atom stereocenters. The number of benzene rings is 3. The molecule has 0 aromatic heterocycles. The fraction of sp³-hybridized carbons (Fsp3) is 0.0500. The van der Waals surface area contributed by atoms with E-state index in [2.05, 4.69) is 15.9 Å². The van der Waals surface area contributed by atoms with Gasteiger partial charge in [-0.3, -0.25) is 4.79 Å². The summed E-state index contributed by atoms with van der Waals surface area (Å²) in [7, 11) is -4.04. The Morgan fingerprint density at radius 2 is 1.75 bits per heavy atom. The van der Waals surface area contributed by atoms with Crippen molar-refractivity contribution in [3.8, 4) is 5.75 Å². The fourth-order valence-corrected chi connectivity index (χ4v) is 4.40. The van der Waals surface area contributed by atoms with Crippen molar-refractivity contribution in [1.82, 2.24) is 4.72 Å². The van der Waals surface area contributed by atoms with Crippen molar-refractivity contribution in [2.45, 2.75) is 11.5 Å². The number of carbonyl (C=O) groups excluding carboxylic acids is 1. The van der Waals surface area contributed by atoms with Gasteiger partial charge in [0.25, 0.3) is 15.9 Å². The van der Waals surface area contributed by atoms with Crippen LogP contribution < -0.4 is 9.46 Å². The lowest BCUT2D eigenvalue weighted by Crippen LogP contribution is -2.30. The lowest BCUT2D eigenvalue weighted by molar-refractivity contribution is 0.0981. The number of ether oxygens (including phenoxy) is 1. The molecule has 0 heterocycles. The summed E-state index contributed by atoms with van der Waals surface area (Å²) in [5, 5.41) is 0. The van der Waals surface area contributed by atoms with Gasteiger partial charge in [-0.2, -0.15) is 0 Å². The molecule has 0 bridgehead atoms. The minimum Gasteiger partial charge on any atom is -0.489 e. The van der Waals surface area contributed by atoms with Crippen molar-refractivity contribution in [3.05, 3.63) is 94.2 Å². The Kier molecular flexibility index (Phi) is 6.11. The van der Waals surface area contributed by atoms with Crippen LogP contribution in [0.3, 0.4) is 0 Å². The normalized spacial score (nSPS) is 11.1. The number of amides is 1. The third-order valence-corrected chi connectivity index (χ3v) is 6.09. The Morgan fingerprint density at radius 1 is 1.00 bits per heavy atom. The highest BCUT2D eigenvalue weighted by Gasteiger charge is 2.21. The van der Waals surface area contributed by atoms with Crippen LogP contribution in [-0.4, -0.2) is 14.3 Å². The molecule has 0 aliphatic rings. The molecule has 3 aromatic carbocycles. The van der Waals surface area contributed by atoms with Gasteiger partial charge >= 0.3 is 0 Å². The summed E-state index contributed by atoms with van der Waals surface area (Å²) in [5.74, 6) is -0.798. The highest BCUT2D eigenvalue weighted by Crippen LogP contribution is 2.22. The van der Waals surface area contributed by atoms with E-state index in [9.17, 15) is 17.6 Å². The third-order valence-electron chi connectivity index (χ3n) is 3.74. The van der Waals surface area contributed by atoms with E-state index in [1.807, 2.05) is 4.72 Å². The van der Waals surface area contributed by atoms with E-state index in [0.717, 1.165) is 0 Å². The van der Waals surface area contributed by atoms with Crippen molar-refractivity contribution in [2.24, 2.45) is 0 Å². The maximum absolute atomic E-state index is 13.2. The van der Waals surface area contributed by atoms with Crippen molar-refractivity contribution >= 4 is 31.9 Å². The number of sulfonamides is 1. The zero-order valence-electron chi connectivity index (χ0n) is 14.4. The van der Waals surface area contributed by atoms with Gasteiger partial charge in [0, 0.05) is 10.0 Å². The molecule has 0 fully saturated rings. The number of hydrogen-bond acceptors (Lipinski definition) is 4. The van der Waals surface area contributed by atoms with E-state index in [1.165, 1.54) is 30.3 Å². The second-order valence-electron chi connectivity index (χ2n) is 5.81. The molecule has 5 nitrogen and oxygen atoms in total. The fourth-order valence-electron chi connectivity index (χ4n) is 2.42. The largest absolute Gasteiger partial charge is 0.489 e. The smallest absolute Gasteiger partial charge is 0.265 e. The molecule has 0 spiro atoms. The molecule has 28 heavy (non-hydrogen) atoms. The van der Waals surface area contributed by atoms with Crippen molar-refractivity contribution in [3.63, 3.8) is 0 Å². The second-order valence-corrected chi connectivity index (χ2v) is 8.32. The molecule has 1 N–H and O–H groups in total. The quantitative estimate of drug-likeness (QED) is 0.591. The number of hydrogen-bond donors (Lipinski definition) is 1. The molecule has 3 aromatic rings. The molecule has 0 aliphatic carbocycles. The van der Waals surface area contributed by atoms with Crippen molar-refractivity contribution in [1.29, 1.82) is 0 Å². The van der Waals surface area contributed by atoms with Crippen LogP contribution in [0.15, 0.2) is 82.2 Å². The molecular weight excluding hydrogens is 449 g/mol. The van der Waals surface area contributed by atoms with E-state index >= 15 is 0 Å². The predicted molar refractivity (Wildman–Crippen MR) is 106 cm³/mol. The third kappa shape index (κ3) is 4.96. The molecule has 8 heteroatoms. The average molecular weight is 464 g/mol. The number of carbonyl (C=O) groups is 1. The first-order valence-electron chi connectivity index (χ1n) is 8.14. The van der Waals surface area contributed by atoms with E-state index in [1.54, 1.807) is 42.5 Å². The summed E-state index contributed by atoms with van der Waals surface area (Å²) in [4.78, 5) is 12.4. The Balaban J connectivity index is 1.72. The summed E-state index contributed by atoms with van der Waals surface area (Å²) in [5.41, 5.74) is 0.749. The Bertz CT molecular complexity index is 1120. The van der Waals surface area contributed by atoms with Crippen LogP contribution in [0, 0.1) is 5.82 Å². The van der Waals surface area contributed by atoms with E-state index < -0.39 is 15.9 Å². The van der Waals surface area contributed by atoms with Crippen LogP contribution in [0.5, 0.6) is 5.75 Å². The second kappa shape index (κ2) is 8.53. The lowest BCUT2D eigenvalue weighted by Gasteiger charge is -2.10. The average Bonchev–Trinajstić information content (AvgIpc) is 2.66. The summed E-state index contributed by atoms with van der Waals surface area (Å²) < 4.78 is 46.0. The molecular formula is C20H15BrFNO4S. The molecule has 144 valence electrons. The SMILES string of the molecule is O=C(NS(=O)(=O)c1ccccc1Br)c1cccc(OCc2cccc(F)c2)c1. The van der Waals surface area contributed by atoms with E-state index in [0.29, 0.717) is 15.8 Å². The molecule has 0 aliphatic heterocycles. The van der Waals surface area contributed by atoms with Gasteiger partial charge in [-0.25, -0.2) is 17.5 Å². The van der Waals surface area contributed by atoms with Crippen LogP contribution >= 0.6 is 15.9 Å². The first-order valence-corrected chi connectivity index (χ1v) is 10.4. The molecule has 0 unspecified atom stereocenters. The molecule has 3 rings (SSSR count). The van der Waals surface area contributed by atoms with Gasteiger partial charge in [0.05, 0.1) is 0 Å². The highest BCUT2D eigenvalue weighted by molar-refractivity contribution is 9.10. The van der Waals surface area contributed by atoms with Gasteiger partial charge in [0.1, 0.15) is 23.1 Å². The Hall–Kier alpha value is -2.71. The number of halogens is 2. The minimum atomic E-state index is -4.04. The van der Waals surface area contributed by atoms with E-state index in [4.69, 9.17) is 4.74 Å². The molecule has 1 amide bonds. The van der Waals surface area contributed by atoms with Gasteiger partial charge in [-0.15, -0.1) is 0 Å². The predicted octanol–water partition coefficient (Wildman–Crippen LogP) is 4.29. The minimum absolute atomic E-state index is 0.0399. The summed E-state index contributed by atoms with van der Waals surface area (Å²) in [6, 6.07) is 18.2. The first kappa shape index (κ1) is 20.0. The van der Waals surface area contributed by atoms with Crippen LogP contribution in [0.4, 0.5) is 4.39 Å². The highest BCUT2D eigenvalue weighted by atomic mass is 79.9. The molecule has 0 saturated heterocycles. The maximum atomic E-state index is 13.2. The van der Waals surface area contributed by atoms with Crippen LogP contribution in [0.2, 0.25) is 0 Å². The van der Waals surface area contributed by atoms with Crippen LogP contribution in [0.1, 0.15) is 15.9 Å². The number of rotatable bonds is 6. The van der Waals surface area contributed by atoms with Crippen LogP contribution in [0.25, 0.3) is 0 Å². The lowest BCUT2D eigenvalue weighted by atomic mass is 10.2. The van der Waals surface area contributed by atoms with Gasteiger partial charge in [-0.1, -0.05) is 30.3 Å². The number of nitrogens with one attached hydrogen (secondary N) is 1. The summed E-state index contributed by atoms with van der Waals surface area (Å²) in [6.45, 7) is 0.109. The standard InChI is InChI=1S/C20H15BrFNO4S/c21-18-9-1-2-10-19(18)28(25,26)23-20(24)15-6-4-8-17(12-15)27-13-14-5-3-7-16(22)11-14/h1-12H,13H2,(H,23,24). The summed E-state index contributed by atoms with van der Waals surface area (Å²) in [6.07, 6.45) is 0. The topological polar surface area (TPSA) is 72.5 Å². The maximum Gasteiger partial charge on any atom is 0.265 e. The molecule has 0 radical (unpaired) electrons. The summed E-state index contributed by atoms with van der Waals surface area (Å²) >= 11 is 3.16.